The molecule has 4 aromatic rings. The summed E-state index contributed by atoms with van der Waals surface area (Å²) in [4.78, 5) is 14.6. The molecular weight excluding hydrogens is 461 g/mol. The van der Waals surface area contributed by atoms with E-state index in [1.54, 1.807) is 29.8 Å². The molecular formula is C28H34FN3O2S. The summed E-state index contributed by atoms with van der Waals surface area (Å²) in [5.41, 5.74) is 5.33. The van der Waals surface area contributed by atoms with Gasteiger partial charge in [-0.2, -0.15) is 0 Å². The van der Waals surface area contributed by atoms with Crippen molar-refractivity contribution in [3.8, 4) is 5.75 Å². The Morgan fingerprint density at radius 3 is 2.69 bits per heavy atom. The van der Waals surface area contributed by atoms with Gasteiger partial charge in [0.25, 0.3) is 0 Å². The average Bonchev–Trinajstić information content (AvgIpc) is 3.19. The number of ether oxygens (including phenoxy) is 2. The minimum Gasteiger partial charge on any atom is -0.494 e. The molecule has 4 heterocycles. The monoisotopic (exact) mass is 495 g/mol. The van der Waals surface area contributed by atoms with Gasteiger partial charge in [-0.15, -0.1) is 11.3 Å². The highest BCUT2D eigenvalue weighted by Gasteiger charge is 2.28. The van der Waals surface area contributed by atoms with Crippen molar-refractivity contribution >= 4 is 31.8 Å². The highest BCUT2D eigenvalue weighted by molar-refractivity contribution is 7.25. The molecule has 1 unspecified atom stereocenters. The topological polar surface area (TPSA) is 57.1 Å². The zero-order valence-electron chi connectivity index (χ0n) is 21.4. The third-order valence-electron chi connectivity index (χ3n) is 6.58. The third kappa shape index (κ3) is 5.46. The molecule has 1 atom stereocenters. The maximum atomic E-state index is 13.5. The van der Waals surface area contributed by atoms with Gasteiger partial charge < -0.3 is 9.47 Å². The summed E-state index contributed by atoms with van der Waals surface area (Å²) < 4.78 is 25.4. The number of aromatic nitrogens is 3. The second-order valence-corrected chi connectivity index (χ2v) is 10.7. The first-order chi connectivity index (χ1) is 16.8. The van der Waals surface area contributed by atoms with Gasteiger partial charge in [-0.3, -0.25) is 0 Å². The van der Waals surface area contributed by atoms with Crippen molar-refractivity contribution in [3.05, 3.63) is 58.9 Å². The molecule has 1 aromatic carbocycles. The van der Waals surface area contributed by atoms with Gasteiger partial charge in [-0.05, 0) is 63.3 Å². The number of rotatable bonds is 5. The summed E-state index contributed by atoms with van der Waals surface area (Å²) in [5.74, 6) is 0.532. The summed E-state index contributed by atoms with van der Waals surface area (Å²) in [6.07, 6.45) is 5.79. The van der Waals surface area contributed by atoms with Crippen LogP contribution in [-0.4, -0.2) is 27.7 Å². The lowest BCUT2D eigenvalue weighted by Gasteiger charge is -2.30. The standard InChI is InChI=1S/C15H15N3OS.C13H19FO/c1-8-13-12(17-7-16-8)10-4-9-6-19-15(2,3)5-11(9)18-14(10)20-13;1-4-6-10(5-2)11-7-8-13(15-3)12(14)9-11/h4,7H,5-6H2,1-3H3;7-10H,4-6H2,1-3H3. The van der Waals surface area contributed by atoms with Crippen LogP contribution in [0.15, 0.2) is 30.6 Å². The van der Waals surface area contributed by atoms with Crippen molar-refractivity contribution in [2.24, 2.45) is 0 Å². The van der Waals surface area contributed by atoms with Crippen molar-refractivity contribution in [1.82, 2.24) is 15.0 Å². The van der Waals surface area contributed by atoms with Gasteiger partial charge in [0.2, 0.25) is 0 Å². The molecule has 0 amide bonds. The Bertz CT molecular complexity index is 1340. The van der Waals surface area contributed by atoms with E-state index < -0.39 is 0 Å². The van der Waals surface area contributed by atoms with Crippen LogP contribution in [0.25, 0.3) is 20.4 Å². The highest BCUT2D eigenvalue weighted by Crippen LogP contribution is 2.36. The lowest BCUT2D eigenvalue weighted by atomic mass is 9.92. The van der Waals surface area contributed by atoms with Crippen LogP contribution in [-0.2, 0) is 17.8 Å². The minimum atomic E-state index is -0.260. The predicted molar refractivity (Wildman–Crippen MR) is 141 cm³/mol. The number of aryl methyl sites for hydroxylation is 1. The van der Waals surface area contributed by atoms with E-state index in [0.717, 1.165) is 63.1 Å². The quantitative estimate of drug-likeness (QED) is 0.286. The third-order valence-corrected chi connectivity index (χ3v) is 7.78. The van der Waals surface area contributed by atoms with Crippen molar-refractivity contribution in [2.75, 3.05) is 7.11 Å². The normalized spacial score (nSPS) is 15.4. The number of hydrogen-bond acceptors (Lipinski definition) is 6. The maximum Gasteiger partial charge on any atom is 0.165 e. The molecule has 1 aliphatic heterocycles. The fourth-order valence-electron chi connectivity index (χ4n) is 4.59. The van der Waals surface area contributed by atoms with Gasteiger partial charge in [-0.1, -0.05) is 26.3 Å². The number of hydrogen-bond donors (Lipinski definition) is 0. The number of methoxy groups -OCH3 is 1. The first-order valence-electron chi connectivity index (χ1n) is 12.3. The molecule has 0 N–H and O–H groups in total. The van der Waals surface area contributed by atoms with Gasteiger partial charge in [-0.25, -0.2) is 19.3 Å². The van der Waals surface area contributed by atoms with Crippen LogP contribution in [0.3, 0.4) is 0 Å². The molecule has 0 spiro atoms. The Morgan fingerprint density at radius 2 is 2.00 bits per heavy atom. The molecule has 3 aromatic heterocycles. The van der Waals surface area contributed by atoms with Gasteiger partial charge in [0.05, 0.1) is 40.9 Å². The molecule has 0 saturated heterocycles. The van der Waals surface area contributed by atoms with Crippen molar-refractivity contribution in [2.45, 2.75) is 78.4 Å². The van der Waals surface area contributed by atoms with E-state index in [0.29, 0.717) is 18.3 Å². The summed E-state index contributed by atoms with van der Waals surface area (Å²) in [7, 11) is 1.49. The fraction of sp³-hybridized carbons (Fsp3) is 0.464. The van der Waals surface area contributed by atoms with E-state index in [9.17, 15) is 4.39 Å². The SMILES string of the molecule is CCCC(CC)c1ccc(OC)c(F)c1.Cc1ncnc2c1sc1nc3c(cc12)COC(C)(C)C3. The number of fused-ring (bicyclic) bond motifs is 4. The van der Waals surface area contributed by atoms with Crippen LogP contribution in [0.4, 0.5) is 4.39 Å². The van der Waals surface area contributed by atoms with E-state index in [1.165, 1.54) is 12.7 Å². The molecule has 35 heavy (non-hydrogen) atoms. The number of nitrogens with zero attached hydrogens (tertiary/aromatic N) is 3. The van der Waals surface area contributed by atoms with E-state index in [2.05, 4.69) is 43.7 Å². The van der Waals surface area contributed by atoms with Crippen LogP contribution in [0.1, 0.15) is 75.4 Å². The molecule has 186 valence electrons. The second kappa shape index (κ2) is 10.5. The van der Waals surface area contributed by atoms with Gasteiger partial charge >= 0.3 is 0 Å². The van der Waals surface area contributed by atoms with E-state index in [4.69, 9.17) is 14.5 Å². The Labute approximate surface area is 210 Å². The highest BCUT2D eigenvalue weighted by atomic mass is 32.1. The van der Waals surface area contributed by atoms with Crippen molar-refractivity contribution < 1.29 is 13.9 Å². The summed E-state index contributed by atoms with van der Waals surface area (Å²) >= 11 is 1.68. The first-order valence-corrected chi connectivity index (χ1v) is 13.1. The molecule has 0 aliphatic carbocycles. The molecule has 0 bridgehead atoms. The molecule has 5 rings (SSSR count). The fourth-order valence-corrected chi connectivity index (χ4v) is 5.67. The van der Waals surface area contributed by atoms with Crippen molar-refractivity contribution in [1.29, 1.82) is 0 Å². The Hall–Kier alpha value is -2.64. The Morgan fingerprint density at radius 1 is 1.20 bits per heavy atom. The molecule has 5 nitrogen and oxygen atoms in total. The van der Waals surface area contributed by atoms with Crippen LogP contribution in [0, 0.1) is 12.7 Å². The van der Waals surface area contributed by atoms with Gasteiger partial charge in [0.15, 0.2) is 11.6 Å². The average molecular weight is 496 g/mol. The van der Waals surface area contributed by atoms with Crippen LogP contribution in [0.5, 0.6) is 5.75 Å². The smallest absolute Gasteiger partial charge is 0.165 e. The number of benzene rings is 1. The number of halogens is 1. The zero-order valence-corrected chi connectivity index (χ0v) is 22.3. The zero-order chi connectivity index (χ0) is 25.2. The van der Waals surface area contributed by atoms with Crippen LogP contribution in [0.2, 0.25) is 0 Å². The van der Waals surface area contributed by atoms with Gasteiger partial charge in [0.1, 0.15) is 11.2 Å². The largest absolute Gasteiger partial charge is 0.494 e. The van der Waals surface area contributed by atoms with E-state index in [1.807, 2.05) is 13.0 Å². The lowest BCUT2D eigenvalue weighted by molar-refractivity contribution is -0.0411. The van der Waals surface area contributed by atoms with Crippen LogP contribution >= 0.6 is 11.3 Å². The maximum absolute atomic E-state index is 13.5. The Kier molecular flexibility index (Phi) is 7.67. The summed E-state index contributed by atoms with van der Waals surface area (Å²) in [5, 5.41) is 1.12. The van der Waals surface area contributed by atoms with Crippen LogP contribution < -0.4 is 4.74 Å². The van der Waals surface area contributed by atoms with Crippen molar-refractivity contribution in [3.63, 3.8) is 0 Å². The lowest BCUT2D eigenvalue weighted by Crippen LogP contribution is -2.32. The Balaban J connectivity index is 0.000000174. The minimum absolute atomic E-state index is 0.125. The predicted octanol–water partition coefficient (Wildman–Crippen LogP) is 7.53. The number of pyridine rings is 1. The summed E-state index contributed by atoms with van der Waals surface area (Å²) in [6, 6.07) is 7.47. The van der Waals surface area contributed by atoms with E-state index >= 15 is 0 Å². The molecule has 1 aliphatic rings. The first kappa shape index (κ1) is 25.5. The number of thiophene rings is 1. The van der Waals surface area contributed by atoms with E-state index in [-0.39, 0.29) is 11.4 Å². The van der Waals surface area contributed by atoms with Gasteiger partial charge in [0, 0.05) is 17.4 Å². The molecule has 7 heteroatoms. The second-order valence-electron chi connectivity index (χ2n) is 9.70. The molecule has 0 radical (unpaired) electrons. The molecule has 0 saturated carbocycles. The molecule has 0 fully saturated rings. The summed E-state index contributed by atoms with van der Waals surface area (Å²) in [6.45, 7) is 11.2.